The average Bonchev–Trinajstić information content (AvgIpc) is 2.23. The highest BCUT2D eigenvalue weighted by Crippen LogP contribution is 2.27. The standard InChI is InChI=1S/C14H21NO/c1-10-3-5-13(6-4-10)11(2)15-9-12-7-14(16)8-12/h3-6,11-12,14-16H,7-9H2,1-2H3. The van der Waals surface area contributed by atoms with Gasteiger partial charge in [-0.2, -0.15) is 0 Å². The van der Waals surface area contributed by atoms with Gasteiger partial charge in [-0.3, -0.25) is 0 Å². The van der Waals surface area contributed by atoms with Gasteiger partial charge in [0.2, 0.25) is 0 Å². The third kappa shape index (κ3) is 2.83. The lowest BCUT2D eigenvalue weighted by atomic mass is 9.82. The number of hydrogen-bond acceptors (Lipinski definition) is 2. The van der Waals surface area contributed by atoms with Crippen LogP contribution in [0.3, 0.4) is 0 Å². The fraction of sp³-hybridized carbons (Fsp3) is 0.571. The van der Waals surface area contributed by atoms with Crippen LogP contribution in [-0.2, 0) is 0 Å². The van der Waals surface area contributed by atoms with Crippen LogP contribution in [0.4, 0.5) is 0 Å². The highest BCUT2D eigenvalue weighted by atomic mass is 16.3. The summed E-state index contributed by atoms with van der Waals surface area (Å²) in [4.78, 5) is 0. The number of rotatable bonds is 4. The molecule has 1 aliphatic rings. The summed E-state index contributed by atoms with van der Waals surface area (Å²) in [6.45, 7) is 5.32. The Balaban J connectivity index is 1.79. The average molecular weight is 219 g/mol. The molecule has 0 aromatic heterocycles. The summed E-state index contributed by atoms with van der Waals surface area (Å²) in [6, 6.07) is 9.07. The molecule has 0 aliphatic heterocycles. The molecule has 2 heteroatoms. The van der Waals surface area contributed by atoms with Gasteiger partial charge < -0.3 is 10.4 Å². The van der Waals surface area contributed by atoms with E-state index in [2.05, 4.69) is 43.4 Å². The van der Waals surface area contributed by atoms with Crippen LogP contribution in [0.25, 0.3) is 0 Å². The Kier molecular flexibility index (Phi) is 3.62. The topological polar surface area (TPSA) is 32.3 Å². The van der Waals surface area contributed by atoms with Gasteiger partial charge in [0.1, 0.15) is 0 Å². The van der Waals surface area contributed by atoms with Gasteiger partial charge in [-0.25, -0.2) is 0 Å². The van der Waals surface area contributed by atoms with Crippen molar-refractivity contribution in [3.63, 3.8) is 0 Å². The van der Waals surface area contributed by atoms with Crippen molar-refractivity contribution in [2.45, 2.75) is 38.8 Å². The number of aryl methyl sites for hydroxylation is 1. The Morgan fingerprint density at radius 2 is 1.94 bits per heavy atom. The Labute approximate surface area is 97.7 Å². The van der Waals surface area contributed by atoms with Gasteiger partial charge in [-0.05, 0) is 44.7 Å². The molecule has 2 rings (SSSR count). The molecule has 1 aliphatic carbocycles. The van der Waals surface area contributed by atoms with Crippen molar-refractivity contribution < 1.29 is 5.11 Å². The van der Waals surface area contributed by atoms with Gasteiger partial charge in [0.05, 0.1) is 6.10 Å². The fourth-order valence-electron chi connectivity index (χ4n) is 2.18. The summed E-state index contributed by atoms with van der Waals surface area (Å²) in [6.07, 6.45) is 1.89. The third-order valence-corrected chi connectivity index (χ3v) is 3.50. The Morgan fingerprint density at radius 1 is 1.31 bits per heavy atom. The van der Waals surface area contributed by atoms with E-state index in [4.69, 9.17) is 0 Å². The molecule has 0 heterocycles. The molecular formula is C14H21NO. The van der Waals surface area contributed by atoms with Gasteiger partial charge >= 0.3 is 0 Å². The van der Waals surface area contributed by atoms with Crippen molar-refractivity contribution in [3.05, 3.63) is 35.4 Å². The molecule has 2 nitrogen and oxygen atoms in total. The Bertz CT molecular complexity index is 327. The second-order valence-electron chi connectivity index (χ2n) is 5.03. The lowest BCUT2D eigenvalue weighted by Gasteiger charge is -2.32. The summed E-state index contributed by atoms with van der Waals surface area (Å²) >= 11 is 0. The lowest BCUT2D eigenvalue weighted by molar-refractivity contribution is 0.0420. The zero-order valence-corrected chi connectivity index (χ0v) is 10.1. The van der Waals surface area contributed by atoms with E-state index in [0.717, 1.165) is 19.4 Å². The van der Waals surface area contributed by atoms with Crippen molar-refractivity contribution in [1.29, 1.82) is 0 Å². The zero-order valence-electron chi connectivity index (χ0n) is 10.1. The van der Waals surface area contributed by atoms with E-state index in [-0.39, 0.29) is 6.10 Å². The van der Waals surface area contributed by atoms with Crippen LogP contribution in [0.15, 0.2) is 24.3 Å². The fourth-order valence-corrected chi connectivity index (χ4v) is 2.18. The first-order valence-electron chi connectivity index (χ1n) is 6.13. The summed E-state index contributed by atoms with van der Waals surface area (Å²) < 4.78 is 0. The monoisotopic (exact) mass is 219 g/mol. The molecule has 1 atom stereocenters. The molecule has 2 N–H and O–H groups in total. The minimum Gasteiger partial charge on any atom is -0.393 e. The van der Waals surface area contributed by atoms with E-state index < -0.39 is 0 Å². The molecular weight excluding hydrogens is 198 g/mol. The van der Waals surface area contributed by atoms with E-state index in [9.17, 15) is 5.11 Å². The molecule has 0 bridgehead atoms. The van der Waals surface area contributed by atoms with E-state index in [1.807, 2.05) is 0 Å². The molecule has 1 aromatic rings. The van der Waals surface area contributed by atoms with Crippen LogP contribution in [0, 0.1) is 12.8 Å². The Morgan fingerprint density at radius 3 is 2.50 bits per heavy atom. The molecule has 16 heavy (non-hydrogen) atoms. The predicted octanol–water partition coefficient (Wildman–Crippen LogP) is 2.42. The summed E-state index contributed by atoms with van der Waals surface area (Å²) in [5, 5.41) is 12.7. The molecule has 0 saturated heterocycles. The van der Waals surface area contributed by atoms with Crippen molar-refractivity contribution in [3.8, 4) is 0 Å². The summed E-state index contributed by atoms with van der Waals surface area (Å²) in [5.41, 5.74) is 2.64. The van der Waals surface area contributed by atoms with Crippen molar-refractivity contribution in [2.24, 2.45) is 5.92 Å². The molecule has 1 unspecified atom stereocenters. The van der Waals surface area contributed by atoms with E-state index >= 15 is 0 Å². The molecule has 1 aromatic carbocycles. The van der Waals surface area contributed by atoms with Crippen LogP contribution >= 0.6 is 0 Å². The highest BCUT2D eigenvalue weighted by Gasteiger charge is 2.26. The number of aliphatic hydroxyl groups is 1. The quantitative estimate of drug-likeness (QED) is 0.815. The first-order chi connectivity index (χ1) is 7.65. The molecule has 1 fully saturated rings. The smallest absolute Gasteiger partial charge is 0.0546 e. The van der Waals surface area contributed by atoms with E-state index in [0.29, 0.717) is 12.0 Å². The van der Waals surface area contributed by atoms with Crippen molar-refractivity contribution in [1.82, 2.24) is 5.32 Å². The number of benzene rings is 1. The molecule has 0 amide bonds. The predicted molar refractivity (Wildman–Crippen MR) is 66.3 cm³/mol. The van der Waals surface area contributed by atoms with Crippen LogP contribution in [0.1, 0.15) is 36.9 Å². The molecule has 1 saturated carbocycles. The number of aliphatic hydroxyl groups excluding tert-OH is 1. The molecule has 0 spiro atoms. The second kappa shape index (κ2) is 4.98. The van der Waals surface area contributed by atoms with Gasteiger partial charge in [0.25, 0.3) is 0 Å². The highest BCUT2D eigenvalue weighted by molar-refractivity contribution is 5.23. The lowest BCUT2D eigenvalue weighted by Crippen LogP contribution is -2.36. The second-order valence-corrected chi connectivity index (χ2v) is 5.03. The minimum absolute atomic E-state index is 0.0403. The minimum atomic E-state index is -0.0403. The first kappa shape index (κ1) is 11.6. The van der Waals surface area contributed by atoms with Crippen LogP contribution < -0.4 is 5.32 Å². The Hall–Kier alpha value is -0.860. The van der Waals surface area contributed by atoms with Gasteiger partial charge in [-0.15, -0.1) is 0 Å². The van der Waals surface area contributed by atoms with Crippen LogP contribution in [0.5, 0.6) is 0 Å². The largest absolute Gasteiger partial charge is 0.393 e. The van der Waals surface area contributed by atoms with Crippen molar-refractivity contribution in [2.75, 3.05) is 6.54 Å². The molecule has 0 radical (unpaired) electrons. The number of nitrogens with one attached hydrogen (secondary N) is 1. The third-order valence-electron chi connectivity index (χ3n) is 3.50. The maximum atomic E-state index is 9.20. The molecule has 88 valence electrons. The van der Waals surface area contributed by atoms with Gasteiger partial charge in [-0.1, -0.05) is 29.8 Å². The summed E-state index contributed by atoms with van der Waals surface area (Å²) in [5.74, 6) is 0.669. The SMILES string of the molecule is Cc1ccc(C(C)NCC2CC(O)C2)cc1. The maximum Gasteiger partial charge on any atom is 0.0546 e. The van der Waals surface area contributed by atoms with Gasteiger partial charge in [0, 0.05) is 6.04 Å². The van der Waals surface area contributed by atoms with E-state index in [1.165, 1.54) is 11.1 Å². The van der Waals surface area contributed by atoms with Crippen molar-refractivity contribution >= 4 is 0 Å². The maximum absolute atomic E-state index is 9.20. The first-order valence-corrected chi connectivity index (χ1v) is 6.13. The normalized spacial score (nSPS) is 26.2. The van der Waals surface area contributed by atoms with Crippen LogP contribution in [-0.4, -0.2) is 17.8 Å². The summed E-state index contributed by atoms with van der Waals surface area (Å²) in [7, 11) is 0. The van der Waals surface area contributed by atoms with Crippen LogP contribution in [0.2, 0.25) is 0 Å². The van der Waals surface area contributed by atoms with Gasteiger partial charge in [0.15, 0.2) is 0 Å². The van der Waals surface area contributed by atoms with E-state index in [1.54, 1.807) is 0 Å². The zero-order chi connectivity index (χ0) is 11.5. The number of hydrogen-bond donors (Lipinski definition) is 2.